The zero-order valence-corrected chi connectivity index (χ0v) is 22.1. The Kier molecular flexibility index (Phi) is 7.56. The largest absolute Gasteiger partial charge is 0.294 e. The van der Waals surface area contributed by atoms with E-state index in [1.165, 1.54) is 0 Å². The van der Waals surface area contributed by atoms with Gasteiger partial charge >= 0.3 is 0 Å². The molecule has 0 radical (unpaired) electrons. The standard InChI is InChI=1S/C26H31BrN2O2S/c1-7-18-10-9-11-19(8-2)23(18)29(15-30)21-13-26(5,6)14-22(31)20(21)12-16(3)25-28-24(27)17(4)32-25/h9-12,15H,7-8,13-14H2,1-6H3/b16-12+. The number of para-hydroxylation sites is 1. The summed E-state index contributed by atoms with van der Waals surface area (Å²) >= 11 is 5.08. The summed E-state index contributed by atoms with van der Waals surface area (Å²) in [6.07, 6.45) is 5.54. The van der Waals surface area contributed by atoms with E-state index in [0.29, 0.717) is 18.4 Å². The molecular formula is C26H31BrN2O2S. The highest BCUT2D eigenvalue weighted by molar-refractivity contribution is 9.10. The highest BCUT2D eigenvalue weighted by atomic mass is 79.9. The SMILES string of the molecule is CCc1cccc(CC)c1N(C=O)C1=C(/C=C(\C)c2nc(Br)c(C)s2)C(=O)CC(C)(C)C1. The van der Waals surface area contributed by atoms with Gasteiger partial charge in [0.15, 0.2) is 5.78 Å². The first-order valence-corrected chi connectivity index (χ1v) is 12.7. The molecule has 0 saturated heterocycles. The van der Waals surface area contributed by atoms with Crippen molar-refractivity contribution in [2.24, 2.45) is 5.41 Å². The van der Waals surface area contributed by atoms with Gasteiger partial charge in [-0.15, -0.1) is 11.3 Å². The lowest BCUT2D eigenvalue weighted by Gasteiger charge is -2.36. The number of aromatic nitrogens is 1. The minimum atomic E-state index is -0.215. The number of amides is 1. The van der Waals surface area contributed by atoms with Crippen LogP contribution in [-0.4, -0.2) is 17.2 Å². The van der Waals surface area contributed by atoms with Crippen molar-refractivity contribution in [1.82, 2.24) is 4.98 Å². The van der Waals surface area contributed by atoms with E-state index in [0.717, 1.165) is 61.8 Å². The molecular weight excluding hydrogens is 484 g/mol. The maximum absolute atomic E-state index is 13.3. The molecule has 2 aromatic rings. The molecule has 1 heterocycles. The van der Waals surface area contributed by atoms with Crippen LogP contribution < -0.4 is 4.90 Å². The third-order valence-corrected chi connectivity index (χ3v) is 8.08. The van der Waals surface area contributed by atoms with Crippen molar-refractivity contribution >= 4 is 50.7 Å². The van der Waals surface area contributed by atoms with Gasteiger partial charge in [-0.05, 0) is 77.2 Å². The summed E-state index contributed by atoms with van der Waals surface area (Å²) in [4.78, 5) is 33.3. The number of allylic oxidation sites excluding steroid dienone is 4. The van der Waals surface area contributed by atoms with Crippen molar-refractivity contribution in [2.75, 3.05) is 4.90 Å². The van der Waals surface area contributed by atoms with Gasteiger partial charge in [0.1, 0.15) is 9.61 Å². The lowest BCUT2D eigenvalue weighted by molar-refractivity contribution is -0.117. The number of hydrogen-bond donors (Lipinski definition) is 0. The van der Waals surface area contributed by atoms with Crippen LogP contribution in [0.5, 0.6) is 0 Å². The number of rotatable bonds is 7. The van der Waals surface area contributed by atoms with Crippen LogP contribution in [-0.2, 0) is 22.4 Å². The maximum Gasteiger partial charge on any atom is 0.218 e. The van der Waals surface area contributed by atoms with Gasteiger partial charge in [0.2, 0.25) is 6.41 Å². The Balaban J connectivity index is 2.24. The van der Waals surface area contributed by atoms with Crippen molar-refractivity contribution in [1.29, 1.82) is 0 Å². The van der Waals surface area contributed by atoms with Crippen molar-refractivity contribution in [3.63, 3.8) is 0 Å². The van der Waals surface area contributed by atoms with Crippen LogP contribution in [0, 0.1) is 12.3 Å². The highest BCUT2D eigenvalue weighted by Crippen LogP contribution is 2.42. The Morgan fingerprint density at radius 2 is 1.84 bits per heavy atom. The fourth-order valence-corrected chi connectivity index (χ4v) is 5.60. The predicted octanol–water partition coefficient (Wildman–Crippen LogP) is 7.05. The minimum absolute atomic E-state index is 0.0711. The van der Waals surface area contributed by atoms with Crippen molar-refractivity contribution in [2.45, 2.75) is 67.2 Å². The number of anilines is 1. The second-order valence-corrected chi connectivity index (χ2v) is 11.1. The molecule has 0 atom stereocenters. The Bertz CT molecular complexity index is 1070. The first kappa shape index (κ1) is 24.6. The molecule has 1 aliphatic rings. The third kappa shape index (κ3) is 4.96. The number of Topliss-reactive ketones (excluding diaryl/α,β-unsaturated/α-hetero) is 1. The van der Waals surface area contributed by atoms with Crippen LogP contribution in [0.2, 0.25) is 0 Å². The van der Waals surface area contributed by atoms with Gasteiger partial charge in [-0.3, -0.25) is 14.5 Å². The molecule has 6 heteroatoms. The topological polar surface area (TPSA) is 50.3 Å². The summed E-state index contributed by atoms with van der Waals surface area (Å²) < 4.78 is 0.828. The average Bonchev–Trinajstić information content (AvgIpc) is 3.08. The molecule has 0 saturated carbocycles. The smallest absolute Gasteiger partial charge is 0.218 e. The summed E-state index contributed by atoms with van der Waals surface area (Å²) in [5, 5.41) is 0.875. The van der Waals surface area contributed by atoms with Gasteiger partial charge in [-0.2, -0.15) is 0 Å². The maximum atomic E-state index is 13.3. The zero-order chi connectivity index (χ0) is 23.6. The molecule has 1 amide bonds. The van der Waals surface area contributed by atoms with E-state index in [1.54, 1.807) is 16.2 Å². The van der Waals surface area contributed by atoms with Crippen molar-refractivity contribution in [3.05, 3.63) is 61.2 Å². The van der Waals surface area contributed by atoms with E-state index in [-0.39, 0.29) is 11.2 Å². The number of thiazole rings is 1. The van der Waals surface area contributed by atoms with Crippen LogP contribution in [0.3, 0.4) is 0 Å². The van der Waals surface area contributed by atoms with E-state index in [1.807, 2.05) is 26.0 Å². The molecule has 170 valence electrons. The molecule has 0 unspecified atom stereocenters. The molecule has 0 aliphatic heterocycles. The number of ketones is 1. The fraction of sp³-hybridized carbons (Fsp3) is 0.423. The molecule has 1 aromatic heterocycles. The number of nitrogens with zero attached hydrogens (tertiary/aromatic N) is 2. The average molecular weight is 516 g/mol. The number of carbonyl (C=O) groups excluding carboxylic acids is 2. The van der Waals surface area contributed by atoms with Gasteiger partial charge in [-0.25, -0.2) is 4.98 Å². The first-order valence-electron chi connectivity index (χ1n) is 11.0. The summed E-state index contributed by atoms with van der Waals surface area (Å²) in [6, 6.07) is 6.18. The van der Waals surface area contributed by atoms with E-state index in [4.69, 9.17) is 0 Å². The number of hydrogen-bond acceptors (Lipinski definition) is 4. The summed E-state index contributed by atoms with van der Waals surface area (Å²) in [5.41, 5.74) is 5.25. The zero-order valence-electron chi connectivity index (χ0n) is 19.7. The molecule has 0 N–H and O–H groups in total. The van der Waals surface area contributed by atoms with Crippen LogP contribution in [0.15, 0.2) is 40.1 Å². The molecule has 3 rings (SSSR count). The Morgan fingerprint density at radius 3 is 2.34 bits per heavy atom. The van der Waals surface area contributed by atoms with Gasteiger partial charge in [-0.1, -0.05) is 45.9 Å². The molecule has 0 bridgehead atoms. The fourth-order valence-electron chi connectivity index (χ4n) is 4.28. The molecule has 4 nitrogen and oxygen atoms in total. The van der Waals surface area contributed by atoms with Crippen molar-refractivity contribution < 1.29 is 9.59 Å². The third-order valence-electron chi connectivity index (χ3n) is 5.94. The monoisotopic (exact) mass is 514 g/mol. The summed E-state index contributed by atoms with van der Waals surface area (Å²) in [7, 11) is 0. The van der Waals surface area contributed by atoms with Crippen LogP contribution >= 0.6 is 27.3 Å². The Labute approximate surface area is 203 Å². The van der Waals surface area contributed by atoms with Crippen LogP contribution in [0.25, 0.3) is 5.57 Å². The van der Waals surface area contributed by atoms with E-state index < -0.39 is 0 Å². The predicted molar refractivity (Wildman–Crippen MR) is 137 cm³/mol. The highest BCUT2D eigenvalue weighted by Gasteiger charge is 2.35. The number of halogens is 1. The second-order valence-electron chi connectivity index (χ2n) is 9.10. The molecule has 1 aliphatic carbocycles. The van der Waals surface area contributed by atoms with Crippen molar-refractivity contribution in [3.8, 4) is 0 Å². The number of carbonyl (C=O) groups is 2. The lowest BCUT2D eigenvalue weighted by Crippen LogP contribution is -2.34. The van der Waals surface area contributed by atoms with E-state index in [9.17, 15) is 9.59 Å². The Hall–Kier alpha value is -2.05. The summed E-state index contributed by atoms with van der Waals surface area (Å²) in [6.45, 7) is 12.4. The van der Waals surface area contributed by atoms with Gasteiger partial charge in [0.05, 0.1) is 5.69 Å². The minimum Gasteiger partial charge on any atom is -0.294 e. The summed E-state index contributed by atoms with van der Waals surface area (Å²) in [5.74, 6) is 0.0711. The van der Waals surface area contributed by atoms with Gasteiger partial charge < -0.3 is 0 Å². The molecule has 1 aromatic carbocycles. The second kappa shape index (κ2) is 9.84. The quantitative estimate of drug-likeness (QED) is 0.372. The van der Waals surface area contributed by atoms with Crippen LogP contribution in [0.1, 0.15) is 68.5 Å². The normalized spacial score (nSPS) is 16.5. The molecule has 0 fully saturated rings. The number of aryl methyl sites for hydroxylation is 3. The number of benzene rings is 1. The molecule has 32 heavy (non-hydrogen) atoms. The molecule has 0 spiro atoms. The van der Waals surface area contributed by atoms with Crippen LogP contribution in [0.4, 0.5) is 5.69 Å². The Morgan fingerprint density at radius 1 is 1.22 bits per heavy atom. The van der Waals surface area contributed by atoms with Gasteiger partial charge in [0.25, 0.3) is 0 Å². The lowest BCUT2D eigenvalue weighted by atomic mass is 9.75. The van der Waals surface area contributed by atoms with E-state index in [2.05, 4.69) is 60.7 Å². The first-order chi connectivity index (χ1) is 15.1. The van der Waals surface area contributed by atoms with Gasteiger partial charge in [0, 0.05) is 22.6 Å². The van der Waals surface area contributed by atoms with E-state index >= 15 is 0 Å².